The van der Waals surface area contributed by atoms with Crippen molar-refractivity contribution in [3.63, 3.8) is 0 Å². The zero-order chi connectivity index (χ0) is 24.3. The van der Waals surface area contributed by atoms with Crippen molar-refractivity contribution in [1.29, 1.82) is 5.41 Å². The second-order valence-electron chi connectivity index (χ2n) is 7.34. The molecule has 1 heterocycles. The molecule has 9 heteroatoms. The minimum atomic E-state index is -0.133. The van der Waals surface area contributed by atoms with E-state index < -0.39 is 0 Å². The van der Waals surface area contributed by atoms with Crippen LogP contribution in [-0.2, 0) is 9.53 Å². The van der Waals surface area contributed by atoms with Crippen LogP contribution in [0.3, 0.4) is 0 Å². The van der Waals surface area contributed by atoms with Crippen molar-refractivity contribution in [2.75, 3.05) is 44.9 Å². The van der Waals surface area contributed by atoms with E-state index in [1.807, 2.05) is 30.3 Å². The van der Waals surface area contributed by atoms with Gasteiger partial charge >= 0.3 is 0 Å². The zero-order valence-corrected chi connectivity index (χ0v) is 19.2. The van der Waals surface area contributed by atoms with Crippen LogP contribution in [0.25, 0.3) is 0 Å². The summed E-state index contributed by atoms with van der Waals surface area (Å²) in [4.78, 5) is 22.0. The van der Waals surface area contributed by atoms with Crippen LogP contribution < -0.4 is 15.8 Å². The van der Waals surface area contributed by atoms with E-state index in [1.54, 1.807) is 49.4 Å². The Labute approximate surface area is 198 Å². The van der Waals surface area contributed by atoms with Crippen molar-refractivity contribution < 1.29 is 14.3 Å². The highest BCUT2D eigenvalue weighted by Gasteiger charge is 2.16. The maximum absolute atomic E-state index is 12.1. The number of nitrogens with zero attached hydrogens (tertiary/aromatic N) is 3. The number of nitrogens with two attached hydrogens (primary N) is 1. The van der Waals surface area contributed by atoms with Crippen LogP contribution in [0, 0.1) is 5.41 Å². The number of aromatic nitrogens is 2. The van der Waals surface area contributed by atoms with Gasteiger partial charge < -0.3 is 25.4 Å². The Bertz CT molecular complexity index is 1130. The number of benzene rings is 2. The summed E-state index contributed by atoms with van der Waals surface area (Å²) in [6.07, 6.45) is 4.47. The molecular weight excluding hydrogens is 432 g/mol. The van der Waals surface area contributed by atoms with Gasteiger partial charge in [0.25, 0.3) is 0 Å². The topological polar surface area (TPSA) is 126 Å². The molecule has 34 heavy (non-hydrogen) atoms. The Balaban J connectivity index is 1.66. The summed E-state index contributed by atoms with van der Waals surface area (Å²) in [5.74, 6) is 1.88. The van der Waals surface area contributed by atoms with Crippen molar-refractivity contribution >= 4 is 23.3 Å². The Morgan fingerprint density at radius 3 is 2.53 bits per heavy atom. The molecule has 0 saturated heterocycles. The Kier molecular flexibility index (Phi) is 8.70. The van der Waals surface area contributed by atoms with Gasteiger partial charge in [-0.3, -0.25) is 10.2 Å². The number of carbonyl (C=O) groups excluding carboxylic acids is 1. The zero-order valence-electron chi connectivity index (χ0n) is 19.2. The summed E-state index contributed by atoms with van der Waals surface area (Å²) in [5.41, 5.74) is 7.31. The van der Waals surface area contributed by atoms with Gasteiger partial charge in [0.2, 0.25) is 5.91 Å². The highest BCUT2D eigenvalue weighted by Crippen LogP contribution is 2.25. The number of methoxy groups -OCH3 is 1. The number of hydrogen-bond donors (Lipinski definition) is 3. The number of carbonyl (C=O) groups is 1. The van der Waals surface area contributed by atoms with Gasteiger partial charge in [-0.15, -0.1) is 0 Å². The van der Waals surface area contributed by atoms with Crippen molar-refractivity contribution in [3.8, 4) is 11.5 Å². The third kappa shape index (κ3) is 6.63. The normalized spacial score (nSPS) is 10.8. The third-order valence-electron chi connectivity index (χ3n) is 4.89. The number of likely N-dealkylation sites (N-methyl/N-ethyl adjacent to an activating group) is 1. The molecule has 0 fully saturated rings. The highest BCUT2D eigenvalue weighted by molar-refractivity contribution is 6.16. The fourth-order valence-electron chi connectivity index (χ4n) is 3.06. The number of ether oxygens (including phenoxy) is 2. The average molecular weight is 461 g/mol. The third-order valence-corrected chi connectivity index (χ3v) is 4.89. The first-order valence-corrected chi connectivity index (χ1v) is 10.7. The maximum Gasteiger partial charge on any atom is 0.246 e. The fraction of sp³-hybridized carbons (Fsp3) is 0.200. The van der Waals surface area contributed by atoms with Gasteiger partial charge in [0.05, 0.1) is 17.9 Å². The molecule has 0 saturated carbocycles. The van der Waals surface area contributed by atoms with Crippen molar-refractivity contribution in [3.05, 3.63) is 84.2 Å². The van der Waals surface area contributed by atoms with Crippen LogP contribution in [0.2, 0.25) is 0 Å². The van der Waals surface area contributed by atoms with Gasteiger partial charge in [-0.25, -0.2) is 9.97 Å². The second kappa shape index (κ2) is 12.1. The van der Waals surface area contributed by atoms with Gasteiger partial charge in [0, 0.05) is 38.9 Å². The fourth-order valence-corrected chi connectivity index (χ4v) is 3.06. The number of nitrogens with one attached hydrogen (secondary N) is 2. The lowest BCUT2D eigenvalue weighted by molar-refractivity contribution is -0.124. The molecule has 0 aliphatic rings. The molecule has 1 amide bonds. The molecule has 0 aliphatic carbocycles. The summed E-state index contributed by atoms with van der Waals surface area (Å²) in [7, 11) is 3.27. The average Bonchev–Trinajstić information content (AvgIpc) is 2.85. The Morgan fingerprint density at radius 2 is 1.82 bits per heavy atom. The molecule has 0 aliphatic heterocycles. The van der Waals surface area contributed by atoms with E-state index in [2.05, 4.69) is 15.3 Å². The van der Waals surface area contributed by atoms with E-state index in [-0.39, 0.29) is 17.4 Å². The summed E-state index contributed by atoms with van der Waals surface area (Å²) >= 11 is 0. The minimum absolute atomic E-state index is 0.133. The number of amides is 1. The number of hydrogen-bond acceptors (Lipinski definition) is 8. The minimum Gasteiger partial charge on any atom is -0.457 e. The first kappa shape index (κ1) is 24.4. The maximum atomic E-state index is 12.1. The van der Waals surface area contributed by atoms with Crippen LogP contribution >= 0.6 is 0 Å². The predicted octanol–water partition coefficient (Wildman–Crippen LogP) is 3.34. The van der Waals surface area contributed by atoms with E-state index in [0.29, 0.717) is 42.4 Å². The largest absolute Gasteiger partial charge is 0.457 e. The number of nitrogen functional groups attached to an aromatic ring is 1. The quantitative estimate of drug-likeness (QED) is 0.296. The standard InChI is InChI=1S/C25H28N6O3/c1-31(21(32)9-6-16-33-2)15-14-28-25-22(24(27)29-17-30-25)23(26)18-10-12-20(13-11-18)34-19-7-4-3-5-8-19/h3-13,17,26H,14-16H2,1-2H3,(H3,27,28,29,30)/b9-6+,26-23?. The SMILES string of the molecule is COC/C=C/C(=O)N(C)CCNc1ncnc(N)c1C(=N)c1ccc(Oc2ccccc2)cc1. The smallest absolute Gasteiger partial charge is 0.246 e. The summed E-state index contributed by atoms with van der Waals surface area (Å²) in [5, 5.41) is 11.9. The predicted molar refractivity (Wildman–Crippen MR) is 132 cm³/mol. The van der Waals surface area contributed by atoms with Crippen LogP contribution in [0.5, 0.6) is 11.5 Å². The first-order chi connectivity index (χ1) is 16.5. The Hall–Kier alpha value is -4.24. The Morgan fingerprint density at radius 1 is 1.12 bits per heavy atom. The lowest BCUT2D eigenvalue weighted by Gasteiger charge is -2.17. The molecule has 3 aromatic rings. The molecule has 3 rings (SSSR count). The van der Waals surface area contributed by atoms with Gasteiger partial charge in [-0.05, 0) is 36.4 Å². The highest BCUT2D eigenvalue weighted by atomic mass is 16.5. The van der Waals surface area contributed by atoms with E-state index >= 15 is 0 Å². The lowest BCUT2D eigenvalue weighted by Crippen LogP contribution is -2.30. The van der Waals surface area contributed by atoms with Gasteiger partial charge in [0.1, 0.15) is 29.5 Å². The molecule has 0 spiro atoms. The van der Waals surface area contributed by atoms with Gasteiger partial charge in [-0.1, -0.05) is 24.3 Å². The van der Waals surface area contributed by atoms with Crippen molar-refractivity contribution in [1.82, 2.24) is 14.9 Å². The number of para-hydroxylation sites is 1. The van der Waals surface area contributed by atoms with Crippen molar-refractivity contribution in [2.45, 2.75) is 0 Å². The summed E-state index contributed by atoms with van der Waals surface area (Å²) in [6.45, 7) is 1.22. The lowest BCUT2D eigenvalue weighted by atomic mass is 10.0. The van der Waals surface area contributed by atoms with E-state index in [0.717, 1.165) is 5.75 Å². The van der Waals surface area contributed by atoms with Crippen LogP contribution in [0.4, 0.5) is 11.6 Å². The molecule has 0 unspecified atom stereocenters. The molecule has 1 aromatic heterocycles. The molecule has 0 bridgehead atoms. The first-order valence-electron chi connectivity index (χ1n) is 10.7. The number of rotatable bonds is 11. The molecule has 9 nitrogen and oxygen atoms in total. The summed E-state index contributed by atoms with van der Waals surface area (Å²) in [6, 6.07) is 16.6. The van der Waals surface area contributed by atoms with Crippen LogP contribution in [0.15, 0.2) is 73.1 Å². The molecular formula is C25H28N6O3. The molecule has 0 atom stereocenters. The monoisotopic (exact) mass is 460 g/mol. The second-order valence-corrected chi connectivity index (χ2v) is 7.34. The molecule has 4 N–H and O–H groups in total. The van der Waals surface area contributed by atoms with E-state index in [4.69, 9.17) is 20.6 Å². The molecule has 0 radical (unpaired) electrons. The summed E-state index contributed by atoms with van der Waals surface area (Å²) < 4.78 is 10.7. The molecule has 176 valence electrons. The number of anilines is 2. The molecule has 2 aromatic carbocycles. The van der Waals surface area contributed by atoms with Gasteiger partial charge in [-0.2, -0.15) is 0 Å². The van der Waals surface area contributed by atoms with E-state index in [9.17, 15) is 4.79 Å². The van der Waals surface area contributed by atoms with Crippen LogP contribution in [0.1, 0.15) is 11.1 Å². The van der Waals surface area contributed by atoms with Crippen LogP contribution in [-0.4, -0.2) is 60.3 Å². The van der Waals surface area contributed by atoms with Crippen molar-refractivity contribution in [2.24, 2.45) is 0 Å². The van der Waals surface area contributed by atoms with E-state index in [1.165, 1.54) is 12.4 Å². The van der Waals surface area contributed by atoms with Gasteiger partial charge in [0.15, 0.2) is 0 Å².